The fraction of sp³-hybridized carbons (Fsp3) is 0.286. The molecule has 1 aromatic carbocycles. The number of nitrogens with one attached hydrogen (secondary N) is 1. The third kappa shape index (κ3) is 7.27. The molecule has 0 fully saturated rings. The molecule has 0 saturated carbocycles. The lowest BCUT2D eigenvalue weighted by Gasteiger charge is -1.95. The minimum atomic E-state index is -4.02. The highest BCUT2D eigenvalue weighted by Gasteiger charge is 2.12. The molecule has 1 aromatic heterocycles. The molecular formula is C14H20N6O5S. The zero-order chi connectivity index (χ0) is 19.7. The predicted octanol–water partition coefficient (Wildman–Crippen LogP) is 1.11. The van der Waals surface area contributed by atoms with Crippen molar-refractivity contribution in [3.8, 4) is 0 Å². The van der Waals surface area contributed by atoms with Gasteiger partial charge in [0.15, 0.2) is 0 Å². The van der Waals surface area contributed by atoms with E-state index in [0.29, 0.717) is 30.9 Å². The van der Waals surface area contributed by atoms with Crippen LogP contribution in [0, 0.1) is 17.0 Å². The standard InChI is InChI=1S/C7H12N6O2.C7H8O3S/c8-5(12-9)2-1-3-6-10-4-7(11-6)13(14)15;1-6-2-4-7(5-3-6)11(8,9)10/h4H,1-3,9H2,(H2,8,12)(H,10,11);2-5H,1H3,(H,8,9,10). The van der Waals surface area contributed by atoms with Gasteiger partial charge in [0.1, 0.15) is 12.0 Å². The largest absolute Gasteiger partial charge is 0.386 e. The van der Waals surface area contributed by atoms with E-state index in [1.165, 1.54) is 18.3 Å². The maximum Gasteiger partial charge on any atom is 0.381 e. The van der Waals surface area contributed by atoms with Crippen LogP contribution in [0.4, 0.5) is 5.82 Å². The van der Waals surface area contributed by atoms with E-state index in [-0.39, 0.29) is 10.7 Å². The topological polar surface area (TPSA) is 191 Å². The van der Waals surface area contributed by atoms with E-state index < -0.39 is 15.0 Å². The summed E-state index contributed by atoms with van der Waals surface area (Å²) in [5.41, 5.74) is 6.33. The number of rotatable bonds is 6. The van der Waals surface area contributed by atoms with Gasteiger partial charge >= 0.3 is 5.82 Å². The number of amidine groups is 1. The number of benzene rings is 1. The van der Waals surface area contributed by atoms with E-state index in [1.807, 2.05) is 6.92 Å². The first kappa shape index (κ1) is 21.1. The predicted molar refractivity (Wildman–Crippen MR) is 95.0 cm³/mol. The zero-order valence-electron chi connectivity index (χ0n) is 14.0. The van der Waals surface area contributed by atoms with Gasteiger partial charge in [-0.25, -0.2) is 0 Å². The van der Waals surface area contributed by atoms with Crippen molar-refractivity contribution in [3.05, 3.63) is 52.0 Å². The van der Waals surface area contributed by atoms with Crippen LogP contribution in [0.3, 0.4) is 0 Å². The Hall–Kier alpha value is -2.99. The molecule has 142 valence electrons. The summed E-state index contributed by atoms with van der Waals surface area (Å²) in [4.78, 5) is 16.2. The third-order valence-electron chi connectivity index (χ3n) is 3.14. The molecule has 1 heterocycles. The van der Waals surface area contributed by atoms with Gasteiger partial charge in [-0.15, -0.1) is 0 Å². The van der Waals surface area contributed by atoms with E-state index >= 15 is 0 Å². The normalized spacial score (nSPS) is 11.5. The first-order valence-corrected chi connectivity index (χ1v) is 8.82. The molecule has 0 aliphatic heterocycles. The van der Waals surface area contributed by atoms with Gasteiger partial charge < -0.3 is 26.7 Å². The number of nitro groups is 1. The highest BCUT2D eigenvalue weighted by molar-refractivity contribution is 7.85. The molecule has 0 spiro atoms. The number of aryl methyl sites for hydroxylation is 2. The second-order valence-electron chi connectivity index (χ2n) is 5.22. The van der Waals surface area contributed by atoms with E-state index in [2.05, 4.69) is 15.1 Å². The van der Waals surface area contributed by atoms with Crippen LogP contribution in [-0.2, 0) is 16.5 Å². The van der Waals surface area contributed by atoms with Gasteiger partial charge in [-0.1, -0.05) is 17.7 Å². The SMILES string of the molecule is Cc1ccc(S(=O)(=O)O)cc1.NN=C(N)CCCc1nc([N+](=O)[O-])c[nH]1. The number of aromatic nitrogens is 2. The minimum Gasteiger partial charge on any atom is -0.386 e. The van der Waals surface area contributed by atoms with Crippen molar-refractivity contribution in [1.29, 1.82) is 0 Å². The second-order valence-corrected chi connectivity index (χ2v) is 6.65. The van der Waals surface area contributed by atoms with Crippen molar-refractivity contribution in [1.82, 2.24) is 9.97 Å². The monoisotopic (exact) mass is 384 g/mol. The molecule has 0 bridgehead atoms. The van der Waals surface area contributed by atoms with Gasteiger partial charge in [0.05, 0.1) is 4.90 Å². The molecule has 2 rings (SSSR count). The minimum absolute atomic E-state index is 0.0666. The van der Waals surface area contributed by atoms with Gasteiger partial charge in [0, 0.05) is 12.8 Å². The Bertz CT molecular complexity index is 860. The van der Waals surface area contributed by atoms with E-state index in [0.717, 1.165) is 5.56 Å². The molecular weight excluding hydrogens is 364 g/mol. The molecule has 0 aliphatic rings. The maximum atomic E-state index is 10.5. The molecule has 0 radical (unpaired) electrons. The average molecular weight is 384 g/mol. The number of imidazole rings is 1. The first-order valence-electron chi connectivity index (χ1n) is 7.38. The summed E-state index contributed by atoms with van der Waals surface area (Å²) in [5.74, 6) is 5.69. The number of nitrogens with zero attached hydrogens (tertiary/aromatic N) is 3. The number of aromatic amines is 1. The number of hydrazone groups is 1. The fourth-order valence-electron chi connectivity index (χ4n) is 1.78. The Kier molecular flexibility index (Phi) is 7.68. The van der Waals surface area contributed by atoms with Crippen molar-refractivity contribution in [2.75, 3.05) is 0 Å². The van der Waals surface area contributed by atoms with Crippen LogP contribution < -0.4 is 11.6 Å². The van der Waals surface area contributed by atoms with Crippen molar-refractivity contribution in [3.63, 3.8) is 0 Å². The van der Waals surface area contributed by atoms with Gasteiger partial charge in [0.25, 0.3) is 10.1 Å². The third-order valence-corrected chi connectivity index (χ3v) is 4.00. The summed E-state index contributed by atoms with van der Waals surface area (Å²) in [5, 5.41) is 13.6. The fourth-order valence-corrected chi connectivity index (χ4v) is 2.26. The van der Waals surface area contributed by atoms with Gasteiger partial charge in [0.2, 0.25) is 5.82 Å². The van der Waals surface area contributed by atoms with Gasteiger partial charge in [-0.3, -0.25) is 4.55 Å². The molecule has 0 saturated heterocycles. The molecule has 12 heteroatoms. The molecule has 2 aromatic rings. The van der Waals surface area contributed by atoms with E-state index in [4.69, 9.17) is 16.1 Å². The quantitative estimate of drug-likeness (QED) is 0.142. The number of hydrogen-bond acceptors (Lipinski definition) is 7. The van der Waals surface area contributed by atoms with Crippen LogP contribution in [-0.4, -0.2) is 33.7 Å². The Morgan fingerprint density at radius 1 is 1.38 bits per heavy atom. The van der Waals surface area contributed by atoms with Crippen molar-refractivity contribution < 1.29 is 17.9 Å². The van der Waals surface area contributed by atoms with Gasteiger partial charge in [-0.2, -0.15) is 13.5 Å². The van der Waals surface area contributed by atoms with Crippen molar-refractivity contribution in [2.24, 2.45) is 16.7 Å². The Morgan fingerprint density at radius 2 is 2.00 bits per heavy atom. The number of nitrogens with two attached hydrogens (primary N) is 2. The summed E-state index contributed by atoms with van der Waals surface area (Å²) in [6, 6.07) is 5.99. The Labute approximate surface area is 150 Å². The van der Waals surface area contributed by atoms with Crippen LogP contribution in [0.1, 0.15) is 24.2 Å². The number of H-pyrrole nitrogens is 1. The molecule has 26 heavy (non-hydrogen) atoms. The zero-order valence-corrected chi connectivity index (χ0v) is 14.8. The summed E-state index contributed by atoms with van der Waals surface area (Å²) >= 11 is 0. The van der Waals surface area contributed by atoms with Crippen molar-refractivity contribution in [2.45, 2.75) is 31.1 Å². The molecule has 0 aliphatic carbocycles. The first-order chi connectivity index (χ1) is 12.1. The second kappa shape index (κ2) is 9.48. The Morgan fingerprint density at radius 3 is 2.46 bits per heavy atom. The summed E-state index contributed by atoms with van der Waals surface area (Å²) in [6.45, 7) is 1.84. The molecule has 0 amide bonds. The van der Waals surface area contributed by atoms with Crippen LogP contribution in [0.5, 0.6) is 0 Å². The molecule has 11 nitrogen and oxygen atoms in total. The number of hydrogen-bond donors (Lipinski definition) is 4. The van der Waals surface area contributed by atoms with E-state index in [9.17, 15) is 18.5 Å². The highest BCUT2D eigenvalue weighted by atomic mass is 32.2. The summed E-state index contributed by atoms with van der Waals surface area (Å²) in [7, 11) is -4.02. The van der Waals surface area contributed by atoms with Crippen LogP contribution in [0.15, 0.2) is 40.5 Å². The lowest BCUT2D eigenvalue weighted by atomic mass is 10.2. The molecule has 6 N–H and O–H groups in total. The van der Waals surface area contributed by atoms with Crippen molar-refractivity contribution >= 4 is 21.8 Å². The Balaban J connectivity index is 0.000000273. The lowest BCUT2D eigenvalue weighted by molar-refractivity contribution is -0.389. The maximum absolute atomic E-state index is 10.5. The van der Waals surface area contributed by atoms with Gasteiger partial charge in [-0.05, 0) is 35.4 Å². The summed E-state index contributed by atoms with van der Waals surface area (Å²) in [6.07, 6.45) is 3.07. The van der Waals surface area contributed by atoms with Crippen LogP contribution in [0.25, 0.3) is 0 Å². The highest BCUT2D eigenvalue weighted by Crippen LogP contribution is 2.09. The molecule has 0 unspecified atom stereocenters. The average Bonchev–Trinajstić information content (AvgIpc) is 3.04. The molecule has 0 atom stereocenters. The lowest BCUT2D eigenvalue weighted by Crippen LogP contribution is -2.13. The van der Waals surface area contributed by atoms with E-state index in [1.54, 1.807) is 12.1 Å². The summed E-state index contributed by atoms with van der Waals surface area (Å²) < 4.78 is 29.6. The van der Waals surface area contributed by atoms with Crippen LogP contribution in [0.2, 0.25) is 0 Å². The smallest absolute Gasteiger partial charge is 0.381 e. The van der Waals surface area contributed by atoms with Crippen LogP contribution >= 0.6 is 0 Å².